The van der Waals surface area contributed by atoms with Gasteiger partial charge in [0.15, 0.2) is 0 Å². The van der Waals surface area contributed by atoms with Crippen LogP contribution in [0.5, 0.6) is 0 Å². The van der Waals surface area contributed by atoms with Crippen LogP contribution in [0.25, 0.3) is 0 Å². The van der Waals surface area contributed by atoms with Crippen molar-refractivity contribution in [2.24, 2.45) is 11.8 Å². The third kappa shape index (κ3) is 1.43. The molecule has 0 amide bonds. The van der Waals surface area contributed by atoms with E-state index in [0.29, 0.717) is 0 Å². The molecule has 1 nitrogen and oxygen atoms in total. The number of alkyl halides is 3. The zero-order valence-corrected chi connectivity index (χ0v) is 9.17. The lowest BCUT2D eigenvalue weighted by molar-refractivity contribution is -0.139. The topological polar surface area (TPSA) is 20.2 Å². The summed E-state index contributed by atoms with van der Waals surface area (Å²) in [6.07, 6.45) is -1.68. The summed E-state index contributed by atoms with van der Waals surface area (Å²) in [5, 5.41) is 10.4. The number of halogens is 3. The zero-order chi connectivity index (χ0) is 12.3. The summed E-state index contributed by atoms with van der Waals surface area (Å²) in [4.78, 5) is 0. The fourth-order valence-corrected chi connectivity index (χ4v) is 3.40. The lowest BCUT2D eigenvalue weighted by Crippen LogP contribution is -2.20. The third-order valence-corrected chi connectivity index (χ3v) is 4.20. The Balaban J connectivity index is 2.05. The van der Waals surface area contributed by atoms with E-state index in [-0.39, 0.29) is 17.4 Å². The predicted octanol–water partition coefficient (Wildman–Crippen LogP) is 3.32. The molecule has 1 aromatic rings. The van der Waals surface area contributed by atoms with Crippen molar-refractivity contribution >= 4 is 0 Å². The molecule has 4 heteroatoms. The molecule has 0 aromatic heterocycles. The molecule has 2 fully saturated rings. The van der Waals surface area contributed by atoms with Crippen LogP contribution in [0.15, 0.2) is 24.3 Å². The van der Waals surface area contributed by atoms with Crippen LogP contribution in [0, 0.1) is 11.8 Å². The molecule has 17 heavy (non-hydrogen) atoms. The molecule has 0 radical (unpaired) electrons. The highest BCUT2D eigenvalue weighted by Gasteiger charge is 2.67. The van der Waals surface area contributed by atoms with Gasteiger partial charge in [-0.25, -0.2) is 0 Å². The molecule has 0 saturated heterocycles. The van der Waals surface area contributed by atoms with Gasteiger partial charge in [-0.3, -0.25) is 0 Å². The smallest absolute Gasteiger partial charge is 0.385 e. The van der Waals surface area contributed by atoms with Crippen LogP contribution in [0.1, 0.15) is 30.4 Å². The normalized spacial score (nSPS) is 35.8. The number of rotatable bonds is 1. The van der Waals surface area contributed by atoms with Crippen LogP contribution in [0.2, 0.25) is 0 Å². The van der Waals surface area contributed by atoms with Crippen molar-refractivity contribution in [1.82, 2.24) is 0 Å². The highest BCUT2D eigenvalue weighted by Crippen LogP contribution is 2.67. The quantitative estimate of drug-likeness (QED) is 0.801. The number of hydrogen-bond donors (Lipinski definition) is 1. The van der Waals surface area contributed by atoms with E-state index in [1.165, 1.54) is 12.1 Å². The highest BCUT2D eigenvalue weighted by molar-refractivity contribution is 5.41. The largest absolute Gasteiger partial charge is 0.416 e. The second kappa shape index (κ2) is 3.25. The fourth-order valence-electron chi connectivity index (χ4n) is 3.40. The van der Waals surface area contributed by atoms with Gasteiger partial charge in [-0.2, -0.15) is 13.2 Å². The van der Waals surface area contributed by atoms with Gasteiger partial charge in [0.2, 0.25) is 0 Å². The Morgan fingerprint density at radius 1 is 1.12 bits per heavy atom. The maximum atomic E-state index is 12.9. The molecule has 92 valence electrons. The van der Waals surface area contributed by atoms with Crippen molar-refractivity contribution in [1.29, 1.82) is 0 Å². The van der Waals surface area contributed by atoms with Crippen LogP contribution in [0.3, 0.4) is 0 Å². The van der Waals surface area contributed by atoms with Gasteiger partial charge in [0.05, 0.1) is 11.2 Å². The first-order valence-corrected chi connectivity index (χ1v) is 5.85. The maximum absolute atomic E-state index is 12.9. The summed E-state index contributed by atoms with van der Waals surface area (Å²) in [5.41, 5.74) is -1.83. The molecule has 0 bridgehead atoms. The summed E-state index contributed by atoms with van der Waals surface area (Å²) in [7, 11) is 0. The van der Waals surface area contributed by atoms with E-state index < -0.39 is 17.3 Å². The van der Waals surface area contributed by atoms with Crippen LogP contribution < -0.4 is 0 Å². The molecule has 2 aliphatic carbocycles. The maximum Gasteiger partial charge on any atom is 0.416 e. The van der Waals surface area contributed by atoms with Gasteiger partial charge in [-0.15, -0.1) is 0 Å². The van der Waals surface area contributed by atoms with Crippen molar-refractivity contribution in [2.45, 2.75) is 31.0 Å². The summed E-state index contributed by atoms with van der Waals surface area (Å²) in [5.74, 6) is 0.0667. The first kappa shape index (κ1) is 11.1. The molecular formula is C13H13F3O. The molecule has 0 heterocycles. The third-order valence-electron chi connectivity index (χ3n) is 4.20. The monoisotopic (exact) mass is 242 g/mol. The lowest BCUT2D eigenvalue weighted by Gasteiger charge is -2.20. The summed E-state index contributed by atoms with van der Waals surface area (Å²) in [6.45, 7) is 0. The number of fused-ring (bicyclic) bond motifs is 1. The minimum Gasteiger partial charge on any atom is -0.385 e. The lowest BCUT2D eigenvalue weighted by atomic mass is 9.94. The van der Waals surface area contributed by atoms with Crippen LogP contribution >= 0.6 is 0 Å². The molecule has 2 saturated carbocycles. The first-order valence-electron chi connectivity index (χ1n) is 5.85. The van der Waals surface area contributed by atoms with Crippen molar-refractivity contribution in [2.75, 3.05) is 0 Å². The SMILES string of the molecule is OC1(c2ccccc2C(F)(F)F)C2CCCC21. The van der Waals surface area contributed by atoms with E-state index in [4.69, 9.17) is 0 Å². The Morgan fingerprint density at radius 3 is 2.29 bits per heavy atom. The zero-order valence-electron chi connectivity index (χ0n) is 9.17. The Hall–Kier alpha value is -1.03. The van der Waals surface area contributed by atoms with Gasteiger partial charge in [0, 0.05) is 0 Å². The second-order valence-corrected chi connectivity index (χ2v) is 5.01. The van der Waals surface area contributed by atoms with Crippen LogP contribution in [0.4, 0.5) is 13.2 Å². The van der Waals surface area contributed by atoms with Crippen LogP contribution in [-0.4, -0.2) is 5.11 Å². The molecule has 0 spiro atoms. The molecule has 2 unspecified atom stereocenters. The fraction of sp³-hybridized carbons (Fsp3) is 0.538. The number of aliphatic hydroxyl groups is 1. The van der Waals surface area contributed by atoms with Crippen LogP contribution in [-0.2, 0) is 11.8 Å². The van der Waals surface area contributed by atoms with Gasteiger partial charge in [-0.1, -0.05) is 24.6 Å². The van der Waals surface area contributed by atoms with Crippen molar-refractivity contribution < 1.29 is 18.3 Å². The van der Waals surface area contributed by atoms with Gasteiger partial charge in [0.1, 0.15) is 0 Å². The molecule has 2 aliphatic rings. The van der Waals surface area contributed by atoms with Crippen molar-refractivity contribution in [3.63, 3.8) is 0 Å². The molecular weight excluding hydrogens is 229 g/mol. The van der Waals surface area contributed by atoms with E-state index in [0.717, 1.165) is 25.3 Å². The van der Waals surface area contributed by atoms with E-state index in [1.807, 2.05) is 0 Å². The number of benzene rings is 1. The Morgan fingerprint density at radius 2 is 1.71 bits per heavy atom. The summed E-state index contributed by atoms with van der Waals surface area (Å²) >= 11 is 0. The van der Waals surface area contributed by atoms with Crippen molar-refractivity contribution in [3.8, 4) is 0 Å². The minimum atomic E-state index is -4.39. The van der Waals surface area contributed by atoms with E-state index in [9.17, 15) is 18.3 Å². The standard InChI is InChI=1S/C13H13F3O/c14-13(15,16)11-5-2-1-4-10(11)12(17)8-6-3-7-9(8)12/h1-2,4-5,8-9,17H,3,6-7H2. The minimum absolute atomic E-state index is 0.0333. The molecule has 1 aromatic carbocycles. The van der Waals surface area contributed by atoms with Gasteiger partial charge >= 0.3 is 6.18 Å². The van der Waals surface area contributed by atoms with E-state index in [1.54, 1.807) is 6.07 Å². The molecule has 1 N–H and O–H groups in total. The van der Waals surface area contributed by atoms with Gasteiger partial charge in [-0.05, 0) is 36.3 Å². The Bertz CT molecular complexity index is 442. The predicted molar refractivity (Wildman–Crippen MR) is 56.2 cm³/mol. The number of hydrogen-bond acceptors (Lipinski definition) is 1. The average Bonchev–Trinajstić information content (AvgIpc) is 2.67. The summed E-state index contributed by atoms with van der Waals surface area (Å²) in [6, 6.07) is 5.41. The Labute approximate surface area is 97.3 Å². The van der Waals surface area contributed by atoms with E-state index in [2.05, 4.69) is 0 Å². The Kier molecular flexibility index (Phi) is 2.12. The first-order chi connectivity index (χ1) is 7.95. The second-order valence-electron chi connectivity index (χ2n) is 5.01. The molecule has 0 aliphatic heterocycles. The average molecular weight is 242 g/mol. The van der Waals surface area contributed by atoms with Gasteiger partial charge < -0.3 is 5.11 Å². The van der Waals surface area contributed by atoms with Gasteiger partial charge in [0.25, 0.3) is 0 Å². The summed E-state index contributed by atoms with van der Waals surface area (Å²) < 4.78 is 38.6. The molecule has 3 rings (SSSR count). The molecule has 2 atom stereocenters. The van der Waals surface area contributed by atoms with E-state index >= 15 is 0 Å². The highest BCUT2D eigenvalue weighted by atomic mass is 19.4. The van der Waals surface area contributed by atoms with Crippen molar-refractivity contribution in [3.05, 3.63) is 35.4 Å².